The van der Waals surface area contributed by atoms with Crippen LogP contribution in [0.4, 0.5) is 0 Å². The van der Waals surface area contributed by atoms with E-state index < -0.39 is 15.4 Å². The zero-order chi connectivity index (χ0) is 12.2. The van der Waals surface area contributed by atoms with Crippen molar-refractivity contribution in [3.8, 4) is 5.75 Å². The molecule has 0 saturated heterocycles. The summed E-state index contributed by atoms with van der Waals surface area (Å²) in [5, 5.41) is 8.21. The molecule has 0 radical (unpaired) electrons. The second kappa shape index (κ2) is 5.32. The molecule has 0 aromatic heterocycles. The van der Waals surface area contributed by atoms with E-state index in [0.29, 0.717) is 12.0 Å². The highest BCUT2D eigenvalue weighted by atomic mass is 32.2. The summed E-state index contributed by atoms with van der Waals surface area (Å²) in [6.07, 6.45) is 1.98. The fourth-order valence-corrected chi connectivity index (χ4v) is 2.53. The van der Waals surface area contributed by atoms with Gasteiger partial charge < -0.3 is 5.11 Å². The van der Waals surface area contributed by atoms with Gasteiger partial charge in [-0.3, -0.25) is 4.55 Å². The Labute approximate surface area is 95.7 Å². The molecule has 1 aromatic carbocycles. The van der Waals surface area contributed by atoms with Crippen molar-refractivity contribution in [1.29, 1.82) is 0 Å². The number of unbranched alkanes of at least 4 members (excludes halogenated alkanes) is 1. The second-order valence-corrected chi connectivity index (χ2v) is 5.34. The fraction of sp³-hybridized carbons (Fsp3) is 0.455. The van der Waals surface area contributed by atoms with Gasteiger partial charge in [0, 0.05) is 0 Å². The Morgan fingerprint density at radius 1 is 1.25 bits per heavy atom. The molecule has 0 bridgehead atoms. The van der Waals surface area contributed by atoms with Gasteiger partial charge in [0.05, 0.1) is 0 Å². The third-order valence-corrected chi connectivity index (χ3v) is 3.67. The maximum atomic E-state index is 11.2. The van der Waals surface area contributed by atoms with Crippen LogP contribution in [0.15, 0.2) is 24.3 Å². The van der Waals surface area contributed by atoms with E-state index in [1.54, 1.807) is 0 Å². The number of hydrogen-bond acceptors (Lipinski definition) is 3. The molecule has 0 aliphatic carbocycles. The molecule has 1 rings (SSSR count). The second-order valence-electron chi connectivity index (χ2n) is 3.74. The van der Waals surface area contributed by atoms with Gasteiger partial charge in [0.1, 0.15) is 11.0 Å². The number of rotatable bonds is 5. The third kappa shape index (κ3) is 3.50. The van der Waals surface area contributed by atoms with Gasteiger partial charge >= 0.3 is 0 Å². The van der Waals surface area contributed by atoms with E-state index in [-0.39, 0.29) is 5.75 Å². The lowest BCUT2D eigenvalue weighted by Crippen LogP contribution is -2.12. The number of phenolic OH excluding ortho intramolecular Hbond substituents is 1. The normalized spacial score (nSPS) is 13.6. The third-order valence-electron chi connectivity index (χ3n) is 2.44. The summed E-state index contributed by atoms with van der Waals surface area (Å²) in [4.78, 5) is 0. The Bertz CT molecular complexity index is 422. The van der Waals surface area contributed by atoms with Crippen LogP contribution in [0.25, 0.3) is 0 Å². The molecular formula is C11H16O4S. The zero-order valence-electron chi connectivity index (χ0n) is 9.13. The van der Waals surface area contributed by atoms with Crippen LogP contribution < -0.4 is 0 Å². The van der Waals surface area contributed by atoms with Crippen molar-refractivity contribution in [2.24, 2.45) is 0 Å². The molecule has 16 heavy (non-hydrogen) atoms. The molecule has 0 amide bonds. The first-order chi connectivity index (χ1) is 7.45. The Kier molecular flexibility index (Phi) is 4.32. The zero-order valence-corrected chi connectivity index (χ0v) is 9.94. The molecule has 2 N–H and O–H groups in total. The molecule has 0 aliphatic heterocycles. The van der Waals surface area contributed by atoms with E-state index in [2.05, 4.69) is 0 Å². The maximum Gasteiger partial charge on any atom is 0.271 e. The minimum atomic E-state index is -4.08. The van der Waals surface area contributed by atoms with Gasteiger partial charge in [-0.15, -0.1) is 0 Å². The highest BCUT2D eigenvalue weighted by Crippen LogP contribution is 2.28. The molecule has 4 nitrogen and oxygen atoms in total. The fourth-order valence-electron chi connectivity index (χ4n) is 1.57. The highest BCUT2D eigenvalue weighted by Gasteiger charge is 2.24. The van der Waals surface area contributed by atoms with E-state index in [4.69, 9.17) is 9.66 Å². The minimum absolute atomic E-state index is 0.0772. The lowest BCUT2D eigenvalue weighted by atomic mass is 10.1. The van der Waals surface area contributed by atoms with Gasteiger partial charge in [-0.2, -0.15) is 8.42 Å². The van der Waals surface area contributed by atoms with Crippen molar-refractivity contribution in [1.82, 2.24) is 0 Å². The summed E-state index contributed by atoms with van der Waals surface area (Å²) in [7, 11) is -4.08. The lowest BCUT2D eigenvalue weighted by Gasteiger charge is -2.13. The smallest absolute Gasteiger partial charge is 0.271 e. The summed E-state index contributed by atoms with van der Waals surface area (Å²) in [5.41, 5.74) is 0.508. The summed E-state index contributed by atoms with van der Waals surface area (Å²) in [6, 6.07) is 5.87. The Morgan fingerprint density at radius 2 is 1.81 bits per heavy atom. The molecule has 1 atom stereocenters. The first-order valence-corrected chi connectivity index (χ1v) is 6.70. The lowest BCUT2D eigenvalue weighted by molar-refractivity contribution is 0.459. The topological polar surface area (TPSA) is 74.6 Å². The number of benzene rings is 1. The van der Waals surface area contributed by atoms with Crippen LogP contribution in [-0.2, 0) is 10.1 Å². The first kappa shape index (κ1) is 13.0. The van der Waals surface area contributed by atoms with Gasteiger partial charge in [0.15, 0.2) is 0 Å². The minimum Gasteiger partial charge on any atom is -0.508 e. The predicted molar refractivity (Wildman–Crippen MR) is 61.9 cm³/mol. The molecule has 0 heterocycles. The Balaban J connectivity index is 2.97. The van der Waals surface area contributed by atoms with Crippen LogP contribution in [0.3, 0.4) is 0 Å². The number of aromatic hydroxyl groups is 1. The monoisotopic (exact) mass is 244 g/mol. The van der Waals surface area contributed by atoms with Crippen LogP contribution in [0.1, 0.15) is 37.0 Å². The largest absolute Gasteiger partial charge is 0.508 e. The standard InChI is InChI=1S/C11H16O4S/c1-2-3-4-11(16(13,14)15)9-5-7-10(12)8-6-9/h5-8,11-12H,2-4H2,1H3,(H,13,14,15). The van der Waals surface area contributed by atoms with Crippen molar-refractivity contribution in [3.63, 3.8) is 0 Å². The molecule has 0 saturated carbocycles. The predicted octanol–water partition coefficient (Wildman–Crippen LogP) is 2.51. The molecule has 90 valence electrons. The van der Waals surface area contributed by atoms with E-state index in [0.717, 1.165) is 12.8 Å². The van der Waals surface area contributed by atoms with Crippen molar-refractivity contribution in [2.75, 3.05) is 0 Å². The molecule has 0 aliphatic rings. The van der Waals surface area contributed by atoms with Crippen molar-refractivity contribution in [2.45, 2.75) is 31.4 Å². The Hall–Kier alpha value is -1.07. The van der Waals surface area contributed by atoms with Crippen molar-refractivity contribution < 1.29 is 18.1 Å². The van der Waals surface area contributed by atoms with E-state index in [1.165, 1.54) is 24.3 Å². The van der Waals surface area contributed by atoms with Crippen LogP contribution in [0, 0.1) is 0 Å². The summed E-state index contributed by atoms with van der Waals surface area (Å²) in [6.45, 7) is 1.96. The summed E-state index contributed by atoms with van der Waals surface area (Å²) < 4.78 is 31.6. The van der Waals surface area contributed by atoms with Crippen molar-refractivity contribution >= 4 is 10.1 Å². The van der Waals surface area contributed by atoms with Crippen LogP contribution in [0.5, 0.6) is 5.75 Å². The van der Waals surface area contributed by atoms with Gasteiger partial charge in [-0.25, -0.2) is 0 Å². The molecule has 0 spiro atoms. The summed E-state index contributed by atoms with van der Waals surface area (Å²) >= 11 is 0. The van der Waals surface area contributed by atoms with E-state index in [1.807, 2.05) is 6.92 Å². The molecule has 5 heteroatoms. The van der Waals surface area contributed by atoms with E-state index in [9.17, 15) is 8.42 Å². The highest BCUT2D eigenvalue weighted by molar-refractivity contribution is 7.86. The van der Waals surface area contributed by atoms with Crippen LogP contribution >= 0.6 is 0 Å². The Morgan fingerprint density at radius 3 is 2.25 bits per heavy atom. The van der Waals surface area contributed by atoms with Gasteiger partial charge in [-0.1, -0.05) is 31.9 Å². The quantitative estimate of drug-likeness (QED) is 0.780. The molecular weight excluding hydrogens is 228 g/mol. The van der Waals surface area contributed by atoms with Gasteiger partial charge in [0.25, 0.3) is 10.1 Å². The van der Waals surface area contributed by atoms with Gasteiger partial charge in [0.2, 0.25) is 0 Å². The summed E-state index contributed by atoms with van der Waals surface area (Å²) in [5.74, 6) is 0.0772. The van der Waals surface area contributed by atoms with Crippen LogP contribution in [0.2, 0.25) is 0 Å². The SMILES string of the molecule is CCCCC(c1ccc(O)cc1)S(=O)(=O)O. The van der Waals surface area contributed by atoms with Crippen LogP contribution in [-0.4, -0.2) is 18.1 Å². The molecule has 0 fully saturated rings. The van der Waals surface area contributed by atoms with Gasteiger partial charge in [-0.05, 0) is 24.1 Å². The average molecular weight is 244 g/mol. The van der Waals surface area contributed by atoms with E-state index >= 15 is 0 Å². The number of hydrogen-bond donors (Lipinski definition) is 2. The maximum absolute atomic E-state index is 11.2. The first-order valence-electron chi connectivity index (χ1n) is 5.20. The number of phenols is 1. The molecule has 1 aromatic rings. The molecule has 1 unspecified atom stereocenters. The van der Waals surface area contributed by atoms with Crippen molar-refractivity contribution in [3.05, 3.63) is 29.8 Å². The average Bonchev–Trinajstić information content (AvgIpc) is 2.19.